The maximum atomic E-state index is 13.3. The van der Waals surface area contributed by atoms with Gasteiger partial charge in [-0.05, 0) is 42.3 Å². The number of carbonyl (C=O) groups is 1. The van der Waals surface area contributed by atoms with E-state index in [4.69, 9.17) is 4.74 Å². The van der Waals surface area contributed by atoms with E-state index in [9.17, 15) is 13.2 Å². The van der Waals surface area contributed by atoms with Crippen LogP contribution in [0.2, 0.25) is 0 Å². The molecule has 0 saturated carbocycles. The molecule has 0 saturated heterocycles. The Kier molecular flexibility index (Phi) is 5.13. The van der Waals surface area contributed by atoms with E-state index in [0.29, 0.717) is 11.3 Å². The van der Waals surface area contributed by atoms with Crippen LogP contribution in [0, 0.1) is 0 Å². The first-order chi connectivity index (χ1) is 12.4. The summed E-state index contributed by atoms with van der Waals surface area (Å²) in [6.45, 7) is 2.01. The molecule has 2 aromatic carbocycles. The predicted octanol–water partition coefficient (Wildman–Crippen LogP) is 3.22. The molecule has 0 aliphatic carbocycles. The lowest BCUT2D eigenvalue weighted by Crippen LogP contribution is -2.41. The Morgan fingerprint density at radius 2 is 1.96 bits per heavy atom. The van der Waals surface area contributed by atoms with Crippen molar-refractivity contribution in [1.82, 2.24) is 0 Å². The van der Waals surface area contributed by atoms with Crippen molar-refractivity contribution in [2.24, 2.45) is 0 Å². The highest BCUT2D eigenvalue weighted by Gasteiger charge is 2.33. The van der Waals surface area contributed by atoms with Crippen molar-refractivity contribution >= 4 is 21.4 Å². The van der Waals surface area contributed by atoms with Crippen LogP contribution in [0.5, 0.6) is 5.75 Å². The summed E-state index contributed by atoms with van der Waals surface area (Å²) in [7, 11) is -1.75. The molecule has 0 bridgehead atoms. The molecule has 0 spiro atoms. The highest BCUT2D eigenvalue weighted by Crippen LogP contribution is 2.29. The average Bonchev–Trinajstić information content (AvgIpc) is 3.01. The SMILES string of the molecule is CCc1ccccc1N(C(=O)c1cccc(OC)c1)[C@H]1C=CS(=O)(=O)C1. The van der Waals surface area contributed by atoms with Gasteiger partial charge in [-0.25, -0.2) is 8.42 Å². The van der Waals surface area contributed by atoms with Gasteiger partial charge in [0.25, 0.3) is 5.91 Å². The van der Waals surface area contributed by atoms with Crippen LogP contribution in [0.4, 0.5) is 5.69 Å². The van der Waals surface area contributed by atoms with E-state index >= 15 is 0 Å². The van der Waals surface area contributed by atoms with E-state index in [2.05, 4.69) is 0 Å². The van der Waals surface area contributed by atoms with E-state index in [-0.39, 0.29) is 11.7 Å². The minimum absolute atomic E-state index is 0.110. The largest absolute Gasteiger partial charge is 0.497 e. The lowest BCUT2D eigenvalue weighted by molar-refractivity contribution is 0.0982. The Bertz CT molecular complexity index is 950. The number of amides is 1. The number of aryl methyl sites for hydroxylation is 1. The van der Waals surface area contributed by atoms with E-state index in [0.717, 1.165) is 17.7 Å². The first kappa shape index (κ1) is 18.2. The molecule has 6 heteroatoms. The fourth-order valence-electron chi connectivity index (χ4n) is 3.10. The summed E-state index contributed by atoms with van der Waals surface area (Å²) in [6.07, 6.45) is 2.32. The Morgan fingerprint density at radius 1 is 1.19 bits per heavy atom. The monoisotopic (exact) mass is 371 g/mol. The normalized spacial score (nSPS) is 17.8. The minimum Gasteiger partial charge on any atom is -0.497 e. The summed E-state index contributed by atoms with van der Waals surface area (Å²) in [5.41, 5.74) is 2.17. The van der Waals surface area contributed by atoms with Crippen LogP contribution in [0.15, 0.2) is 60.0 Å². The second-order valence-corrected chi connectivity index (χ2v) is 8.05. The highest BCUT2D eigenvalue weighted by atomic mass is 32.2. The molecule has 136 valence electrons. The number of sulfone groups is 1. The van der Waals surface area contributed by atoms with Crippen molar-refractivity contribution < 1.29 is 17.9 Å². The van der Waals surface area contributed by atoms with Crippen molar-refractivity contribution in [3.63, 3.8) is 0 Å². The molecule has 1 atom stereocenters. The lowest BCUT2D eigenvalue weighted by Gasteiger charge is -2.29. The van der Waals surface area contributed by atoms with Crippen LogP contribution < -0.4 is 9.64 Å². The second-order valence-electron chi connectivity index (χ2n) is 6.11. The van der Waals surface area contributed by atoms with Crippen molar-refractivity contribution in [3.8, 4) is 5.75 Å². The zero-order chi connectivity index (χ0) is 18.7. The summed E-state index contributed by atoms with van der Waals surface area (Å²) < 4.78 is 29.1. The number of nitrogens with zero attached hydrogens (tertiary/aromatic N) is 1. The molecule has 2 aromatic rings. The maximum Gasteiger partial charge on any atom is 0.259 e. The van der Waals surface area contributed by atoms with E-state index in [1.165, 1.54) is 5.41 Å². The summed E-state index contributed by atoms with van der Waals surface area (Å²) in [6, 6.07) is 13.9. The summed E-state index contributed by atoms with van der Waals surface area (Å²) in [5, 5.41) is 1.19. The molecule has 0 radical (unpaired) electrons. The zero-order valence-electron chi connectivity index (χ0n) is 14.8. The number of hydrogen-bond donors (Lipinski definition) is 0. The Balaban J connectivity index is 2.08. The molecule has 0 fully saturated rings. The van der Waals surface area contributed by atoms with Crippen LogP contribution in [0.1, 0.15) is 22.8 Å². The molecule has 3 rings (SSSR count). The van der Waals surface area contributed by atoms with Gasteiger partial charge in [0.15, 0.2) is 9.84 Å². The predicted molar refractivity (Wildman–Crippen MR) is 102 cm³/mol. The van der Waals surface area contributed by atoms with Crippen LogP contribution in [0.3, 0.4) is 0 Å². The molecular weight excluding hydrogens is 350 g/mol. The molecule has 1 aliphatic rings. The molecule has 0 aromatic heterocycles. The van der Waals surface area contributed by atoms with Gasteiger partial charge in [-0.15, -0.1) is 0 Å². The van der Waals surface area contributed by atoms with E-state index in [1.807, 2.05) is 31.2 Å². The molecule has 0 N–H and O–H groups in total. The fraction of sp³-hybridized carbons (Fsp3) is 0.250. The molecule has 1 amide bonds. The van der Waals surface area contributed by atoms with Gasteiger partial charge in [0.2, 0.25) is 0 Å². The molecule has 1 aliphatic heterocycles. The maximum absolute atomic E-state index is 13.3. The van der Waals surface area contributed by atoms with Crippen molar-refractivity contribution in [2.75, 3.05) is 17.8 Å². The van der Waals surface area contributed by atoms with Gasteiger partial charge >= 0.3 is 0 Å². The third-order valence-corrected chi connectivity index (χ3v) is 5.79. The van der Waals surface area contributed by atoms with Gasteiger partial charge in [0.05, 0.1) is 18.9 Å². The number of para-hydroxylation sites is 1. The van der Waals surface area contributed by atoms with Crippen molar-refractivity contribution in [2.45, 2.75) is 19.4 Å². The summed E-state index contributed by atoms with van der Waals surface area (Å²) in [4.78, 5) is 14.9. The molecule has 5 nitrogen and oxygen atoms in total. The van der Waals surface area contributed by atoms with Crippen LogP contribution in [-0.4, -0.2) is 33.2 Å². The van der Waals surface area contributed by atoms with Crippen LogP contribution in [-0.2, 0) is 16.3 Å². The fourth-order valence-corrected chi connectivity index (χ4v) is 4.37. The molecule has 0 unspecified atom stereocenters. The van der Waals surface area contributed by atoms with Gasteiger partial charge in [0, 0.05) is 16.7 Å². The zero-order valence-corrected chi connectivity index (χ0v) is 15.6. The van der Waals surface area contributed by atoms with Gasteiger partial charge in [-0.3, -0.25) is 4.79 Å². The summed E-state index contributed by atoms with van der Waals surface area (Å²) >= 11 is 0. The van der Waals surface area contributed by atoms with Crippen molar-refractivity contribution in [1.29, 1.82) is 0 Å². The molecule has 1 heterocycles. The quantitative estimate of drug-likeness (QED) is 0.810. The number of anilines is 1. The summed E-state index contributed by atoms with van der Waals surface area (Å²) in [5.74, 6) is 0.214. The number of benzene rings is 2. The number of methoxy groups -OCH3 is 1. The topological polar surface area (TPSA) is 63.7 Å². The first-order valence-corrected chi connectivity index (χ1v) is 10.1. The van der Waals surface area contributed by atoms with Crippen LogP contribution >= 0.6 is 0 Å². The Labute approximate surface area is 153 Å². The lowest BCUT2D eigenvalue weighted by atomic mass is 10.1. The number of ether oxygens (including phenoxy) is 1. The molecular formula is C20H21NO4S. The third-order valence-electron chi connectivity index (χ3n) is 4.41. The van der Waals surface area contributed by atoms with Gasteiger partial charge in [-0.2, -0.15) is 0 Å². The third kappa shape index (κ3) is 3.65. The van der Waals surface area contributed by atoms with Crippen molar-refractivity contribution in [3.05, 3.63) is 71.1 Å². The first-order valence-electron chi connectivity index (χ1n) is 8.41. The van der Waals surface area contributed by atoms with Crippen LogP contribution in [0.25, 0.3) is 0 Å². The minimum atomic E-state index is -3.30. The number of hydrogen-bond acceptors (Lipinski definition) is 4. The van der Waals surface area contributed by atoms with Gasteiger partial charge in [-0.1, -0.05) is 31.2 Å². The Morgan fingerprint density at radius 3 is 2.62 bits per heavy atom. The highest BCUT2D eigenvalue weighted by molar-refractivity contribution is 7.94. The smallest absolute Gasteiger partial charge is 0.259 e. The average molecular weight is 371 g/mol. The standard InChI is InChI=1S/C20H21NO4S/c1-3-15-7-4-5-10-19(15)21(17-11-12-26(23,24)14-17)20(22)16-8-6-9-18(13-16)25-2/h4-13,17H,3,14H2,1-2H3/t17-/m0/s1. The molecule has 26 heavy (non-hydrogen) atoms. The number of carbonyl (C=O) groups excluding carboxylic acids is 1. The van der Waals surface area contributed by atoms with E-state index in [1.54, 1.807) is 42.4 Å². The van der Waals surface area contributed by atoms with E-state index < -0.39 is 15.9 Å². The van der Waals surface area contributed by atoms with Gasteiger partial charge in [0.1, 0.15) is 5.75 Å². The Hall–Kier alpha value is -2.60. The number of rotatable bonds is 5. The van der Waals surface area contributed by atoms with Gasteiger partial charge < -0.3 is 9.64 Å². The second kappa shape index (κ2) is 7.33.